The number of hydrogen-bond donors (Lipinski definition) is 2. The van der Waals surface area contributed by atoms with Crippen molar-refractivity contribution in [3.8, 4) is 11.5 Å². The summed E-state index contributed by atoms with van der Waals surface area (Å²) in [5.74, 6) is 1.11. The molecule has 0 radical (unpaired) electrons. The number of aryl methyl sites for hydroxylation is 1. The van der Waals surface area contributed by atoms with E-state index in [9.17, 15) is 4.79 Å². The average molecular weight is 377 g/mol. The number of hydrogen-bond acceptors (Lipinski definition) is 5. The molecule has 0 aliphatic heterocycles. The van der Waals surface area contributed by atoms with E-state index in [0.29, 0.717) is 23.7 Å². The molecule has 0 fully saturated rings. The second-order valence-electron chi connectivity index (χ2n) is 6.25. The lowest BCUT2D eigenvalue weighted by Gasteiger charge is -2.12. The van der Waals surface area contributed by atoms with E-state index in [1.807, 2.05) is 55.5 Å². The van der Waals surface area contributed by atoms with Crippen LogP contribution in [0.3, 0.4) is 0 Å². The molecule has 0 unspecified atom stereocenters. The first-order valence-electron chi connectivity index (χ1n) is 8.88. The van der Waals surface area contributed by atoms with Gasteiger partial charge in [0.05, 0.1) is 19.9 Å². The maximum atomic E-state index is 12.6. The highest BCUT2D eigenvalue weighted by atomic mass is 16.5. The minimum atomic E-state index is -0.301. The zero-order valence-corrected chi connectivity index (χ0v) is 16.2. The van der Waals surface area contributed by atoms with Crippen molar-refractivity contribution in [3.63, 3.8) is 0 Å². The van der Waals surface area contributed by atoms with E-state index in [0.717, 1.165) is 22.6 Å². The minimum Gasteiger partial charge on any atom is -0.496 e. The molecule has 6 heteroatoms. The molecule has 3 aromatic rings. The summed E-state index contributed by atoms with van der Waals surface area (Å²) in [6.07, 6.45) is 1.60. The zero-order valence-electron chi connectivity index (χ0n) is 16.2. The van der Waals surface area contributed by atoms with Gasteiger partial charge in [-0.1, -0.05) is 24.3 Å². The van der Waals surface area contributed by atoms with Crippen LogP contribution in [0.25, 0.3) is 0 Å². The fourth-order valence-corrected chi connectivity index (χ4v) is 2.82. The fraction of sp³-hybridized carbons (Fsp3) is 0.182. The van der Waals surface area contributed by atoms with E-state index in [1.54, 1.807) is 26.5 Å². The van der Waals surface area contributed by atoms with Crippen LogP contribution in [0.1, 0.15) is 21.6 Å². The number of carbonyl (C=O) groups excluding carboxylic acids is 1. The van der Waals surface area contributed by atoms with Gasteiger partial charge in [0.2, 0.25) is 0 Å². The number of ether oxygens (including phenoxy) is 2. The standard InChI is InChI=1S/C22H23N3O3/c1-15-8-9-21(28-3)18(12-15)25-22(26)19-13-17(10-11-23-19)24-14-16-6-4-5-7-20(16)27-2/h4-13H,14H2,1-3H3,(H,23,24)(H,25,26). The van der Waals surface area contributed by atoms with Gasteiger partial charge in [0, 0.05) is 24.0 Å². The van der Waals surface area contributed by atoms with Gasteiger partial charge in [-0.15, -0.1) is 0 Å². The number of rotatable bonds is 7. The Morgan fingerprint density at radius 2 is 1.79 bits per heavy atom. The number of nitrogens with zero attached hydrogens (tertiary/aromatic N) is 1. The number of methoxy groups -OCH3 is 2. The molecule has 0 atom stereocenters. The molecule has 0 spiro atoms. The Bertz CT molecular complexity index is 973. The van der Waals surface area contributed by atoms with Crippen LogP contribution in [0.15, 0.2) is 60.8 Å². The Hall–Kier alpha value is -3.54. The molecule has 0 saturated heterocycles. The van der Waals surface area contributed by atoms with Gasteiger partial charge in [0.25, 0.3) is 5.91 Å². The molecule has 144 valence electrons. The maximum Gasteiger partial charge on any atom is 0.274 e. The van der Waals surface area contributed by atoms with Gasteiger partial charge in [-0.25, -0.2) is 0 Å². The summed E-state index contributed by atoms with van der Waals surface area (Å²) >= 11 is 0. The van der Waals surface area contributed by atoms with Gasteiger partial charge in [0.1, 0.15) is 17.2 Å². The summed E-state index contributed by atoms with van der Waals surface area (Å²) in [4.78, 5) is 16.8. The molecule has 1 amide bonds. The number of nitrogens with one attached hydrogen (secondary N) is 2. The highest BCUT2D eigenvalue weighted by Gasteiger charge is 2.12. The Labute approximate surface area is 164 Å². The van der Waals surface area contributed by atoms with Crippen molar-refractivity contribution in [3.05, 3.63) is 77.6 Å². The van der Waals surface area contributed by atoms with Gasteiger partial charge in [0.15, 0.2) is 0 Å². The molecule has 0 bridgehead atoms. The molecule has 2 aromatic carbocycles. The Kier molecular flexibility index (Phi) is 6.11. The Morgan fingerprint density at radius 3 is 2.57 bits per heavy atom. The van der Waals surface area contributed by atoms with Gasteiger partial charge in [-0.3, -0.25) is 9.78 Å². The summed E-state index contributed by atoms with van der Waals surface area (Å²) in [6, 6.07) is 16.9. The number of anilines is 2. The van der Waals surface area contributed by atoms with Crippen molar-refractivity contribution in [2.24, 2.45) is 0 Å². The first kappa shape index (κ1) is 19.2. The SMILES string of the molecule is COc1ccccc1CNc1ccnc(C(=O)Nc2cc(C)ccc2OC)c1. The summed E-state index contributed by atoms with van der Waals surface area (Å²) in [7, 11) is 3.22. The molecule has 28 heavy (non-hydrogen) atoms. The predicted octanol–water partition coefficient (Wildman–Crippen LogP) is 4.27. The Balaban J connectivity index is 1.72. The van der Waals surface area contributed by atoms with Crippen molar-refractivity contribution < 1.29 is 14.3 Å². The number of aromatic nitrogens is 1. The molecule has 1 aromatic heterocycles. The molecule has 0 saturated carbocycles. The van der Waals surface area contributed by atoms with Crippen molar-refractivity contribution >= 4 is 17.3 Å². The molecular formula is C22H23N3O3. The fourth-order valence-electron chi connectivity index (χ4n) is 2.82. The summed E-state index contributed by atoms with van der Waals surface area (Å²) < 4.78 is 10.7. The van der Waals surface area contributed by atoms with Gasteiger partial charge >= 0.3 is 0 Å². The van der Waals surface area contributed by atoms with Gasteiger partial charge in [-0.2, -0.15) is 0 Å². The third kappa shape index (κ3) is 4.59. The summed E-state index contributed by atoms with van der Waals surface area (Å²) in [6.45, 7) is 2.52. The molecule has 0 aliphatic rings. The predicted molar refractivity (Wildman–Crippen MR) is 110 cm³/mol. The van der Waals surface area contributed by atoms with E-state index in [4.69, 9.17) is 9.47 Å². The van der Waals surface area contributed by atoms with Crippen molar-refractivity contribution in [2.45, 2.75) is 13.5 Å². The van der Waals surface area contributed by atoms with Crippen LogP contribution in [0, 0.1) is 6.92 Å². The number of pyridine rings is 1. The lowest BCUT2D eigenvalue weighted by atomic mass is 10.2. The number of para-hydroxylation sites is 1. The van der Waals surface area contributed by atoms with Crippen LogP contribution in [0.4, 0.5) is 11.4 Å². The van der Waals surface area contributed by atoms with Crippen molar-refractivity contribution in [1.82, 2.24) is 4.98 Å². The van der Waals surface area contributed by atoms with E-state index >= 15 is 0 Å². The highest BCUT2D eigenvalue weighted by molar-refractivity contribution is 6.04. The lowest BCUT2D eigenvalue weighted by molar-refractivity contribution is 0.102. The second-order valence-corrected chi connectivity index (χ2v) is 6.25. The van der Waals surface area contributed by atoms with Crippen LogP contribution in [0.5, 0.6) is 11.5 Å². The molecular weight excluding hydrogens is 354 g/mol. The highest BCUT2D eigenvalue weighted by Crippen LogP contribution is 2.26. The third-order valence-corrected chi connectivity index (χ3v) is 4.27. The normalized spacial score (nSPS) is 10.2. The minimum absolute atomic E-state index is 0.301. The number of amides is 1. The Morgan fingerprint density at radius 1 is 1.00 bits per heavy atom. The molecule has 3 rings (SSSR count). The van der Waals surface area contributed by atoms with Crippen LogP contribution < -0.4 is 20.1 Å². The zero-order chi connectivity index (χ0) is 19.9. The van der Waals surface area contributed by atoms with Crippen LogP contribution >= 0.6 is 0 Å². The van der Waals surface area contributed by atoms with Crippen LogP contribution in [-0.2, 0) is 6.54 Å². The monoisotopic (exact) mass is 377 g/mol. The number of carbonyl (C=O) groups is 1. The first-order chi connectivity index (χ1) is 13.6. The first-order valence-corrected chi connectivity index (χ1v) is 8.88. The molecule has 1 heterocycles. The van der Waals surface area contributed by atoms with E-state index in [-0.39, 0.29) is 5.91 Å². The van der Waals surface area contributed by atoms with Gasteiger partial charge in [-0.05, 0) is 42.8 Å². The lowest BCUT2D eigenvalue weighted by Crippen LogP contribution is -2.15. The average Bonchev–Trinajstić information content (AvgIpc) is 2.73. The molecule has 6 nitrogen and oxygen atoms in total. The van der Waals surface area contributed by atoms with Crippen molar-refractivity contribution in [1.29, 1.82) is 0 Å². The van der Waals surface area contributed by atoms with Gasteiger partial charge < -0.3 is 20.1 Å². The van der Waals surface area contributed by atoms with Crippen LogP contribution in [0.2, 0.25) is 0 Å². The topological polar surface area (TPSA) is 72.5 Å². The van der Waals surface area contributed by atoms with E-state index in [1.165, 1.54) is 0 Å². The quantitative estimate of drug-likeness (QED) is 0.643. The van der Waals surface area contributed by atoms with Crippen LogP contribution in [-0.4, -0.2) is 25.1 Å². The summed E-state index contributed by atoms with van der Waals surface area (Å²) in [5.41, 5.74) is 3.77. The van der Waals surface area contributed by atoms with E-state index < -0.39 is 0 Å². The molecule has 0 aliphatic carbocycles. The van der Waals surface area contributed by atoms with E-state index in [2.05, 4.69) is 15.6 Å². The van der Waals surface area contributed by atoms with Crippen molar-refractivity contribution in [2.75, 3.05) is 24.9 Å². The molecule has 2 N–H and O–H groups in total. The number of benzene rings is 2. The smallest absolute Gasteiger partial charge is 0.274 e. The third-order valence-electron chi connectivity index (χ3n) is 4.27. The largest absolute Gasteiger partial charge is 0.496 e. The maximum absolute atomic E-state index is 12.6. The summed E-state index contributed by atoms with van der Waals surface area (Å²) in [5, 5.41) is 6.17. The second kappa shape index (κ2) is 8.90.